The Balaban J connectivity index is 1.59. The fourth-order valence-corrected chi connectivity index (χ4v) is 4.25. The number of benzene rings is 2. The minimum absolute atomic E-state index is 0.152. The molecule has 1 aliphatic rings. The zero-order chi connectivity index (χ0) is 21.3. The van der Waals surface area contributed by atoms with E-state index in [1.807, 2.05) is 26.0 Å². The maximum Gasteiger partial charge on any atom is 0.224 e. The van der Waals surface area contributed by atoms with Crippen molar-refractivity contribution in [2.24, 2.45) is 0 Å². The van der Waals surface area contributed by atoms with E-state index in [1.165, 1.54) is 12.5 Å². The fraction of sp³-hybridized carbons (Fsp3) is 0.391. The third-order valence-electron chi connectivity index (χ3n) is 5.97. The molecule has 30 heavy (non-hydrogen) atoms. The van der Waals surface area contributed by atoms with Crippen LogP contribution in [0.25, 0.3) is 11.1 Å². The molecular weight excluding hydrogens is 388 g/mol. The molecule has 1 fully saturated rings. The lowest BCUT2D eigenvalue weighted by molar-refractivity contribution is -0.122. The molecule has 0 aliphatic carbocycles. The summed E-state index contributed by atoms with van der Waals surface area (Å²) in [7, 11) is 0. The van der Waals surface area contributed by atoms with Gasteiger partial charge in [-0.3, -0.25) is 9.69 Å². The number of oxazole rings is 1. The summed E-state index contributed by atoms with van der Waals surface area (Å²) in [5.74, 6) is -2.01. The molecule has 1 amide bonds. The van der Waals surface area contributed by atoms with Gasteiger partial charge < -0.3 is 9.73 Å². The molecule has 0 radical (unpaired) electrons. The Hall–Kier alpha value is -2.80. The predicted molar refractivity (Wildman–Crippen MR) is 110 cm³/mol. The van der Waals surface area contributed by atoms with E-state index in [-0.39, 0.29) is 12.3 Å². The van der Waals surface area contributed by atoms with Crippen LogP contribution in [0.2, 0.25) is 0 Å². The first-order chi connectivity index (χ1) is 14.3. The van der Waals surface area contributed by atoms with Gasteiger partial charge in [0.15, 0.2) is 23.6 Å². The lowest BCUT2D eigenvalue weighted by atomic mass is 9.86. The van der Waals surface area contributed by atoms with Crippen molar-refractivity contribution in [3.8, 4) is 0 Å². The molecule has 158 valence electrons. The fourth-order valence-electron chi connectivity index (χ4n) is 4.25. The summed E-state index contributed by atoms with van der Waals surface area (Å²) in [6.45, 7) is 5.88. The van der Waals surface area contributed by atoms with Gasteiger partial charge in [0, 0.05) is 5.54 Å². The third-order valence-corrected chi connectivity index (χ3v) is 5.97. The maximum absolute atomic E-state index is 14.0. The quantitative estimate of drug-likeness (QED) is 0.652. The molecule has 4 rings (SSSR count). The first kappa shape index (κ1) is 20.5. The zero-order valence-corrected chi connectivity index (χ0v) is 17.1. The van der Waals surface area contributed by atoms with E-state index in [1.54, 1.807) is 12.1 Å². The molecule has 0 saturated carbocycles. The molecular formula is C23H25F2N3O2. The Morgan fingerprint density at radius 1 is 1.17 bits per heavy atom. The predicted octanol–water partition coefficient (Wildman–Crippen LogP) is 4.38. The Morgan fingerprint density at radius 3 is 2.67 bits per heavy atom. The summed E-state index contributed by atoms with van der Waals surface area (Å²) in [4.78, 5) is 19.4. The highest BCUT2D eigenvalue weighted by molar-refractivity contribution is 5.81. The second-order valence-electron chi connectivity index (χ2n) is 8.35. The third kappa shape index (κ3) is 4.07. The van der Waals surface area contributed by atoms with Crippen molar-refractivity contribution in [1.82, 2.24) is 15.2 Å². The summed E-state index contributed by atoms with van der Waals surface area (Å²) in [6.07, 6.45) is 3.68. The van der Waals surface area contributed by atoms with Gasteiger partial charge in [-0.05, 0) is 75.2 Å². The number of hydrogen-bond acceptors (Lipinski definition) is 4. The molecule has 0 bridgehead atoms. The van der Waals surface area contributed by atoms with Crippen LogP contribution in [0.1, 0.15) is 43.9 Å². The van der Waals surface area contributed by atoms with E-state index in [2.05, 4.69) is 15.2 Å². The van der Waals surface area contributed by atoms with E-state index in [0.29, 0.717) is 16.7 Å². The average Bonchev–Trinajstić information content (AvgIpc) is 3.40. The standard InChI is InChI=1S/C23H25F2N3O2/c1-23(2,28-9-3-4-10-28)22(16-6-7-17(24)18(25)13-16)27-21(29)12-15-5-8-20-19(11-15)26-14-30-20/h5-8,11,13-14,22H,3-4,9-10,12H2,1-2H3,(H,27,29). The molecule has 1 aromatic heterocycles. The minimum atomic E-state index is -0.916. The lowest BCUT2D eigenvalue weighted by Crippen LogP contribution is -2.53. The van der Waals surface area contributed by atoms with Crippen LogP contribution in [0.4, 0.5) is 8.78 Å². The molecule has 0 spiro atoms. The number of rotatable bonds is 6. The molecule has 1 N–H and O–H groups in total. The highest BCUT2D eigenvalue weighted by Crippen LogP contribution is 2.34. The number of nitrogens with zero attached hydrogens (tertiary/aromatic N) is 2. The summed E-state index contributed by atoms with van der Waals surface area (Å²) in [5.41, 5.74) is 2.24. The van der Waals surface area contributed by atoms with Crippen LogP contribution in [-0.2, 0) is 11.2 Å². The molecule has 3 aromatic rings. The van der Waals surface area contributed by atoms with Gasteiger partial charge in [-0.1, -0.05) is 12.1 Å². The van der Waals surface area contributed by atoms with Crippen molar-refractivity contribution in [3.63, 3.8) is 0 Å². The van der Waals surface area contributed by atoms with E-state index in [9.17, 15) is 13.6 Å². The molecule has 2 heterocycles. The van der Waals surface area contributed by atoms with Gasteiger partial charge in [0.05, 0.1) is 12.5 Å². The summed E-state index contributed by atoms with van der Waals surface area (Å²) in [5, 5.41) is 3.07. The summed E-state index contributed by atoms with van der Waals surface area (Å²) in [6, 6.07) is 8.77. The van der Waals surface area contributed by atoms with Gasteiger partial charge in [0.1, 0.15) is 5.52 Å². The van der Waals surface area contributed by atoms with E-state index in [4.69, 9.17) is 4.42 Å². The molecule has 1 aliphatic heterocycles. The Kier molecular flexibility index (Phi) is 5.56. The minimum Gasteiger partial charge on any atom is -0.443 e. The Bertz CT molecular complexity index is 1060. The molecule has 1 unspecified atom stereocenters. The summed E-state index contributed by atoms with van der Waals surface area (Å²) >= 11 is 0. The van der Waals surface area contributed by atoms with Gasteiger partial charge in [-0.25, -0.2) is 13.8 Å². The average molecular weight is 413 g/mol. The summed E-state index contributed by atoms with van der Waals surface area (Å²) < 4.78 is 32.8. The van der Waals surface area contributed by atoms with Crippen LogP contribution >= 0.6 is 0 Å². The maximum atomic E-state index is 14.0. The normalized spacial score (nSPS) is 16.1. The van der Waals surface area contributed by atoms with Crippen LogP contribution in [0.15, 0.2) is 47.2 Å². The highest BCUT2D eigenvalue weighted by atomic mass is 19.2. The van der Waals surface area contributed by atoms with Gasteiger partial charge in [0.2, 0.25) is 5.91 Å². The lowest BCUT2D eigenvalue weighted by Gasteiger charge is -2.42. The molecule has 1 saturated heterocycles. The number of fused-ring (bicyclic) bond motifs is 1. The highest BCUT2D eigenvalue weighted by Gasteiger charge is 2.38. The topological polar surface area (TPSA) is 58.4 Å². The van der Waals surface area contributed by atoms with Crippen LogP contribution in [0.3, 0.4) is 0 Å². The number of amides is 1. The molecule has 2 aromatic carbocycles. The van der Waals surface area contributed by atoms with Crippen LogP contribution in [-0.4, -0.2) is 34.4 Å². The van der Waals surface area contributed by atoms with Crippen LogP contribution < -0.4 is 5.32 Å². The number of halogens is 2. The van der Waals surface area contributed by atoms with E-state index in [0.717, 1.165) is 37.6 Å². The molecule has 7 heteroatoms. The van der Waals surface area contributed by atoms with Gasteiger partial charge >= 0.3 is 0 Å². The molecule has 1 atom stereocenters. The van der Waals surface area contributed by atoms with Crippen LogP contribution in [0, 0.1) is 11.6 Å². The van der Waals surface area contributed by atoms with Crippen molar-refractivity contribution in [1.29, 1.82) is 0 Å². The van der Waals surface area contributed by atoms with Crippen LogP contribution in [0.5, 0.6) is 0 Å². The number of hydrogen-bond donors (Lipinski definition) is 1. The van der Waals surface area contributed by atoms with E-state index < -0.39 is 23.2 Å². The van der Waals surface area contributed by atoms with Crippen molar-refractivity contribution in [2.45, 2.75) is 44.7 Å². The largest absolute Gasteiger partial charge is 0.443 e. The van der Waals surface area contributed by atoms with E-state index >= 15 is 0 Å². The van der Waals surface area contributed by atoms with Crippen molar-refractivity contribution < 1.29 is 18.0 Å². The van der Waals surface area contributed by atoms with Gasteiger partial charge in [-0.15, -0.1) is 0 Å². The van der Waals surface area contributed by atoms with Gasteiger partial charge in [0.25, 0.3) is 0 Å². The van der Waals surface area contributed by atoms with Crippen molar-refractivity contribution in [3.05, 3.63) is 65.6 Å². The monoisotopic (exact) mass is 413 g/mol. The number of aromatic nitrogens is 1. The van der Waals surface area contributed by atoms with Crippen molar-refractivity contribution in [2.75, 3.05) is 13.1 Å². The Labute approximate surface area is 174 Å². The number of nitrogens with one attached hydrogen (secondary N) is 1. The number of likely N-dealkylation sites (tertiary alicyclic amines) is 1. The number of carbonyl (C=O) groups is 1. The smallest absolute Gasteiger partial charge is 0.224 e. The number of carbonyl (C=O) groups excluding carboxylic acids is 1. The second-order valence-corrected chi connectivity index (χ2v) is 8.35. The first-order valence-corrected chi connectivity index (χ1v) is 10.2. The zero-order valence-electron chi connectivity index (χ0n) is 17.1. The Morgan fingerprint density at radius 2 is 1.93 bits per heavy atom. The SMILES string of the molecule is CC(C)(C(NC(=O)Cc1ccc2ocnc2c1)c1ccc(F)c(F)c1)N1CCCC1. The first-order valence-electron chi connectivity index (χ1n) is 10.2. The van der Waals surface area contributed by atoms with Gasteiger partial charge in [-0.2, -0.15) is 0 Å². The second kappa shape index (κ2) is 8.14. The van der Waals surface area contributed by atoms with Crippen molar-refractivity contribution >= 4 is 17.0 Å². The molecule has 5 nitrogen and oxygen atoms in total.